The van der Waals surface area contributed by atoms with E-state index in [4.69, 9.17) is 14.2 Å². The van der Waals surface area contributed by atoms with Crippen molar-refractivity contribution in [3.05, 3.63) is 65.5 Å². The Hall–Kier alpha value is -2.48. The van der Waals surface area contributed by atoms with Crippen molar-refractivity contribution in [3.63, 3.8) is 0 Å². The van der Waals surface area contributed by atoms with Gasteiger partial charge in [0.25, 0.3) is 0 Å². The second kappa shape index (κ2) is 14.5. The first-order valence-electron chi connectivity index (χ1n) is 13.8. The van der Waals surface area contributed by atoms with Crippen LogP contribution in [0.1, 0.15) is 50.2 Å². The van der Waals surface area contributed by atoms with E-state index in [0.717, 1.165) is 81.8 Å². The lowest BCUT2D eigenvalue weighted by Gasteiger charge is -2.39. The zero-order chi connectivity index (χ0) is 25.9. The molecule has 2 aromatic rings. The summed E-state index contributed by atoms with van der Waals surface area (Å²) < 4.78 is 30.4. The molecule has 37 heavy (non-hydrogen) atoms. The Bertz CT molecular complexity index is 939. The lowest BCUT2D eigenvalue weighted by atomic mass is 10.0. The topological polar surface area (TPSA) is 51.2 Å². The van der Waals surface area contributed by atoms with Crippen LogP contribution < -0.4 is 4.74 Å². The number of amides is 1. The third kappa shape index (κ3) is 8.80. The lowest BCUT2D eigenvalue weighted by molar-refractivity contribution is -0.182. The number of hydrogen-bond donors (Lipinski definition) is 0. The molecule has 2 aliphatic rings. The molecule has 0 unspecified atom stereocenters. The summed E-state index contributed by atoms with van der Waals surface area (Å²) in [5.74, 6) is 0.744. The summed E-state index contributed by atoms with van der Waals surface area (Å²) in [5.41, 5.74) is 2.03. The maximum atomic E-state index is 13.5. The van der Waals surface area contributed by atoms with Crippen molar-refractivity contribution in [2.75, 3.05) is 46.0 Å². The summed E-state index contributed by atoms with van der Waals surface area (Å²) in [6, 6.07) is 14.7. The molecule has 0 bridgehead atoms. The molecular formula is C30H41FN2O4. The Morgan fingerprint density at radius 2 is 1.70 bits per heavy atom. The number of carbonyl (C=O) groups is 1. The highest BCUT2D eigenvalue weighted by Gasteiger charge is 2.28. The summed E-state index contributed by atoms with van der Waals surface area (Å²) in [7, 11) is 0. The Balaban J connectivity index is 1.34. The van der Waals surface area contributed by atoms with Gasteiger partial charge in [0.15, 0.2) is 6.29 Å². The number of benzene rings is 2. The smallest absolute Gasteiger partial charge is 0.227 e. The molecule has 0 radical (unpaired) electrons. The zero-order valence-corrected chi connectivity index (χ0v) is 22.1. The Morgan fingerprint density at radius 1 is 1.03 bits per heavy atom. The summed E-state index contributed by atoms with van der Waals surface area (Å²) in [5, 5.41) is 0. The third-order valence-corrected chi connectivity index (χ3v) is 7.20. The van der Waals surface area contributed by atoms with Gasteiger partial charge in [0.05, 0.1) is 26.2 Å². The second-order valence-electron chi connectivity index (χ2n) is 10.0. The molecular weight excluding hydrogens is 471 g/mol. The highest BCUT2D eigenvalue weighted by molar-refractivity contribution is 5.79. The van der Waals surface area contributed by atoms with E-state index in [1.54, 1.807) is 0 Å². The number of rotatable bonds is 12. The van der Waals surface area contributed by atoms with Crippen molar-refractivity contribution in [1.82, 2.24) is 9.80 Å². The van der Waals surface area contributed by atoms with Crippen LogP contribution in [-0.4, -0.2) is 74.0 Å². The van der Waals surface area contributed by atoms with Crippen LogP contribution in [0.15, 0.2) is 48.5 Å². The molecule has 4 rings (SSSR count). The summed E-state index contributed by atoms with van der Waals surface area (Å²) >= 11 is 0. The van der Waals surface area contributed by atoms with Gasteiger partial charge in [-0.15, -0.1) is 0 Å². The van der Waals surface area contributed by atoms with Crippen LogP contribution >= 0.6 is 0 Å². The number of ether oxygens (including phenoxy) is 3. The molecule has 6 nitrogen and oxygen atoms in total. The summed E-state index contributed by atoms with van der Waals surface area (Å²) in [6.45, 7) is 7.84. The van der Waals surface area contributed by atoms with Gasteiger partial charge in [-0.3, -0.25) is 4.79 Å². The molecule has 2 fully saturated rings. The highest BCUT2D eigenvalue weighted by Crippen LogP contribution is 2.21. The van der Waals surface area contributed by atoms with Crippen molar-refractivity contribution in [2.45, 2.75) is 64.2 Å². The van der Waals surface area contributed by atoms with Gasteiger partial charge in [0.1, 0.15) is 11.6 Å². The van der Waals surface area contributed by atoms with Crippen molar-refractivity contribution in [3.8, 4) is 5.75 Å². The van der Waals surface area contributed by atoms with Crippen LogP contribution in [0.2, 0.25) is 0 Å². The average Bonchev–Trinajstić information content (AvgIpc) is 2.94. The Labute approximate surface area is 220 Å². The van der Waals surface area contributed by atoms with Gasteiger partial charge in [-0.25, -0.2) is 4.39 Å². The van der Waals surface area contributed by atoms with E-state index >= 15 is 0 Å². The predicted molar refractivity (Wildman–Crippen MR) is 142 cm³/mol. The van der Waals surface area contributed by atoms with E-state index in [1.807, 2.05) is 36.4 Å². The minimum Gasteiger partial charge on any atom is -0.494 e. The quantitative estimate of drug-likeness (QED) is 0.407. The number of likely N-dealkylation sites (tertiary alicyclic amines) is 1. The Kier molecular flexibility index (Phi) is 10.8. The number of piperidine rings is 1. The number of halogens is 1. The van der Waals surface area contributed by atoms with Crippen molar-refractivity contribution >= 4 is 5.91 Å². The van der Waals surface area contributed by atoms with Gasteiger partial charge in [0.2, 0.25) is 5.91 Å². The van der Waals surface area contributed by atoms with Gasteiger partial charge >= 0.3 is 0 Å². The van der Waals surface area contributed by atoms with E-state index in [-0.39, 0.29) is 24.1 Å². The molecule has 202 valence electrons. The van der Waals surface area contributed by atoms with Crippen molar-refractivity contribution < 1.29 is 23.4 Å². The fourth-order valence-corrected chi connectivity index (χ4v) is 5.06. The normalized spacial score (nSPS) is 17.6. The highest BCUT2D eigenvalue weighted by atomic mass is 19.1. The van der Waals surface area contributed by atoms with Crippen LogP contribution in [0.4, 0.5) is 4.39 Å². The molecule has 2 aromatic carbocycles. The minimum atomic E-state index is -0.237. The van der Waals surface area contributed by atoms with Gasteiger partial charge in [0, 0.05) is 38.6 Å². The van der Waals surface area contributed by atoms with Crippen molar-refractivity contribution in [1.29, 1.82) is 0 Å². The SMILES string of the molecule is CCCOc1ccc(CC(=O)N(CCc2ccc(F)cc2)C2CCN(CCC3OCCCO3)CC2)cc1. The van der Waals surface area contributed by atoms with Gasteiger partial charge in [-0.05, 0) is 67.5 Å². The van der Waals surface area contributed by atoms with E-state index in [1.165, 1.54) is 12.1 Å². The van der Waals surface area contributed by atoms with E-state index < -0.39 is 0 Å². The fourth-order valence-electron chi connectivity index (χ4n) is 5.06. The molecule has 7 heteroatoms. The second-order valence-corrected chi connectivity index (χ2v) is 10.0. The minimum absolute atomic E-state index is 0.0842. The summed E-state index contributed by atoms with van der Waals surface area (Å²) in [6.07, 6.45) is 5.72. The Morgan fingerprint density at radius 3 is 2.38 bits per heavy atom. The van der Waals surface area contributed by atoms with Crippen molar-refractivity contribution in [2.24, 2.45) is 0 Å². The molecule has 2 heterocycles. The lowest BCUT2D eigenvalue weighted by Crippen LogP contribution is -2.49. The maximum Gasteiger partial charge on any atom is 0.227 e. The first-order chi connectivity index (χ1) is 18.1. The molecule has 0 aromatic heterocycles. The van der Waals surface area contributed by atoms with Gasteiger partial charge < -0.3 is 24.0 Å². The first kappa shape index (κ1) is 27.6. The van der Waals surface area contributed by atoms with E-state index in [0.29, 0.717) is 26.0 Å². The van der Waals surface area contributed by atoms with Crippen LogP contribution in [0.5, 0.6) is 5.75 Å². The van der Waals surface area contributed by atoms with Gasteiger partial charge in [-0.1, -0.05) is 31.2 Å². The average molecular weight is 513 g/mol. The third-order valence-electron chi connectivity index (χ3n) is 7.20. The number of carbonyl (C=O) groups excluding carboxylic acids is 1. The molecule has 0 saturated carbocycles. The number of hydrogen-bond acceptors (Lipinski definition) is 5. The van der Waals surface area contributed by atoms with Crippen LogP contribution in [0.3, 0.4) is 0 Å². The van der Waals surface area contributed by atoms with E-state index in [9.17, 15) is 9.18 Å². The molecule has 0 spiro atoms. The molecule has 2 saturated heterocycles. The number of nitrogens with zero attached hydrogens (tertiary/aromatic N) is 2. The fraction of sp³-hybridized carbons (Fsp3) is 0.567. The predicted octanol–water partition coefficient (Wildman–Crippen LogP) is 4.85. The molecule has 2 aliphatic heterocycles. The maximum absolute atomic E-state index is 13.5. The van der Waals surface area contributed by atoms with Crippen LogP contribution in [0.25, 0.3) is 0 Å². The van der Waals surface area contributed by atoms with Gasteiger partial charge in [-0.2, -0.15) is 0 Å². The molecule has 0 N–H and O–H groups in total. The molecule has 1 amide bonds. The molecule has 0 atom stereocenters. The first-order valence-corrected chi connectivity index (χ1v) is 13.8. The standard InChI is InChI=1S/C30H41FN2O4/c1-2-20-35-28-10-6-25(7-11-28)23-29(34)33(19-12-24-4-8-26(31)9-5-24)27-13-16-32(17-14-27)18-15-30-36-21-3-22-37-30/h4-11,27,30H,2-3,12-23H2,1H3. The summed E-state index contributed by atoms with van der Waals surface area (Å²) in [4.78, 5) is 18.1. The molecule has 0 aliphatic carbocycles. The van der Waals surface area contributed by atoms with Crippen LogP contribution in [0, 0.1) is 5.82 Å². The van der Waals surface area contributed by atoms with E-state index in [2.05, 4.69) is 16.7 Å². The zero-order valence-electron chi connectivity index (χ0n) is 22.1. The van der Waals surface area contributed by atoms with Crippen LogP contribution in [-0.2, 0) is 27.1 Å². The monoisotopic (exact) mass is 512 g/mol. The largest absolute Gasteiger partial charge is 0.494 e.